The Morgan fingerprint density at radius 2 is 2.06 bits per heavy atom. The van der Waals surface area contributed by atoms with Crippen LogP contribution in [0.5, 0.6) is 0 Å². The zero-order valence-corrected chi connectivity index (χ0v) is 9.74. The lowest BCUT2D eigenvalue weighted by Gasteiger charge is -2.07. The Kier molecular flexibility index (Phi) is 2.98. The summed E-state index contributed by atoms with van der Waals surface area (Å²) >= 11 is 5.77. The van der Waals surface area contributed by atoms with E-state index in [0.717, 1.165) is 12.0 Å². The number of ketones is 1. The highest BCUT2D eigenvalue weighted by molar-refractivity contribution is 6.30. The zero-order chi connectivity index (χ0) is 11.7. The fourth-order valence-corrected chi connectivity index (χ4v) is 2.02. The third-order valence-electron chi connectivity index (χ3n) is 3.09. The molecule has 1 aliphatic carbocycles. The molecule has 2 nitrogen and oxygen atoms in total. The van der Waals surface area contributed by atoms with Crippen molar-refractivity contribution in [1.82, 2.24) is 0 Å². The molecule has 3 heteroatoms. The van der Waals surface area contributed by atoms with Crippen molar-refractivity contribution >= 4 is 17.4 Å². The van der Waals surface area contributed by atoms with Crippen molar-refractivity contribution < 1.29 is 4.79 Å². The van der Waals surface area contributed by atoms with Crippen LogP contribution in [0, 0.1) is 23.2 Å². The van der Waals surface area contributed by atoms with E-state index in [0.29, 0.717) is 10.9 Å². The van der Waals surface area contributed by atoms with Gasteiger partial charge in [0.25, 0.3) is 0 Å². The molecule has 0 radical (unpaired) electrons. The number of carbonyl (C=O) groups is 1. The Hall–Kier alpha value is -1.33. The molecule has 0 bridgehead atoms. The van der Waals surface area contributed by atoms with Crippen molar-refractivity contribution in [3.8, 4) is 6.07 Å². The molecule has 1 fully saturated rings. The fraction of sp³-hybridized carbons (Fsp3) is 0.385. The second-order valence-corrected chi connectivity index (χ2v) is 4.77. The van der Waals surface area contributed by atoms with Crippen molar-refractivity contribution in [1.29, 1.82) is 5.26 Å². The lowest BCUT2D eigenvalue weighted by Crippen LogP contribution is -2.13. The first kappa shape index (κ1) is 11.2. The summed E-state index contributed by atoms with van der Waals surface area (Å²) < 4.78 is 0. The number of nitrogens with zero attached hydrogens (tertiary/aromatic N) is 1. The van der Waals surface area contributed by atoms with E-state index in [1.807, 2.05) is 6.92 Å². The van der Waals surface area contributed by atoms with Gasteiger partial charge in [0.15, 0.2) is 5.78 Å². The molecule has 0 spiro atoms. The fourth-order valence-electron chi connectivity index (χ4n) is 1.89. The summed E-state index contributed by atoms with van der Waals surface area (Å²) in [4.78, 5) is 12.0. The van der Waals surface area contributed by atoms with E-state index >= 15 is 0 Å². The maximum atomic E-state index is 12.0. The normalized spacial score (nSPS) is 24.6. The molecule has 3 unspecified atom stereocenters. The zero-order valence-electron chi connectivity index (χ0n) is 8.98. The van der Waals surface area contributed by atoms with Crippen LogP contribution in [0.4, 0.5) is 0 Å². The van der Waals surface area contributed by atoms with Gasteiger partial charge in [0.05, 0.1) is 6.07 Å². The molecule has 0 heterocycles. The first-order valence-corrected chi connectivity index (χ1v) is 5.70. The van der Waals surface area contributed by atoms with Crippen molar-refractivity contribution in [3.05, 3.63) is 34.9 Å². The highest BCUT2D eigenvalue weighted by Gasteiger charge is 2.42. The molecule has 1 aromatic rings. The summed E-state index contributed by atoms with van der Waals surface area (Å²) in [6, 6.07) is 9.02. The number of hydrogen-bond acceptors (Lipinski definition) is 2. The van der Waals surface area contributed by atoms with Gasteiger partial charge in [0.2, 0.25) is 0 Å². The molecule has 1 aromatic carbocycles. The quantitative estimate of drug-likeness (QED) is 0.805. The first-order chi connectivity index (χ1) is 7.63. The molecule has 3 atom stereocenters. The largest absolute Gasteiger partial charge is 0.298 e. The highest BCUT2D eigenvalue weighted by atomic mass is 35.5. The van der Waals surface area contributed by atoms with Gasteiger partial charge >= 0.3 is 0 Å². The van der Waals surface area contributed by atoms with E-state index in [1.165, 1.54) is 0 Å². The van der Waals surface area contributed by atoms with E-state index in [4.69, 9.17) is 16.9 Å². The van der Waals surface area contributed by atoms with Crippen molar-refractivity contribution in [2.45, 2.75) is 19.3 Å². The summed E-state index contributed by atoms with van der Waals surface area (Å²) in [6.45, 7) is 2.04. The number of benzene rings is 1. The standard InChI is InChI=1S/C13H12ClNO/c1-8-6-11(8)13(16)12(7-15)9-2-4-10(14)5-3-9/h2-5,8,11-12H,6H2,1H3. The van der Waals surface area contributed by atoms with E-state index in [2.05, 4.69) is 6.07 Å². The van der Waals surface area contributed by atoms with E-state index in [1.54, 1.807) is 24.3 Å². The second kappa shape index (κ2) is 4.27. The van der Waals surface area contributed by atoms with E-state index in [9.17, 15) is 4.79 Å². The minimum absolute atomic E-state index is 0.0531. The number of rotatable bonds is 3. The van der Waals surface area contributed by atoms with Crippen LogP contribution in [0.3, 0.4) is 0 Å². The van der Waals surface area contributed by atoms with Gasteiger partial charge in [0.1, 0.15) is 5.92 Å². The Morgan fingerprint density at radius 3 is 2.50 bits per heavy atom. The van der Waals surface area contributed by atoms with Crippen LogP contribution in [0.2, 0.25) is 5.02 Å². The minimum Gasteiger partial charge on any atom is -0.298 e. The highest BCUT2D eigenvalue weighted by Crippen LogP contribution is 2.41. The lowest BCUT2D eigenvalue weighted by molar-refractivity contribution is -0.120. The maximum absolute atomic E-state index is 12.0. The first-order valence-electron chi connectivity index (χ1n) is 5.32. The average Bonchev–Trinajstić information content (AvgIpc) is 2.99. The molecule has 82 valence electrons. The lowest BCUT2D eigenvalue weighted by atomic mass is 9.93. The SMILES string of the molecule is CC1CC1C(=O)C(C#N)c1ccc(Cl)cc1. The Labute approximate surface area is 99.8 Å². The van der Waals surface area contributed by atoms with Crippen LogP contribution in [0.15, 0.2) is 24.3 Å². The number of halogens is 1. The predicted octanol–water partition coefficient (Wildman–Crippen LogP) is 3.17. The summed E-state index contributed by atoms with van der Waals surface area (Å²) in [7, 11) is 0. The molecule has 0 amide bonds. The van der Waals surface area contributed by atoms with Gasteiger partial charge in [-0.2, -0.15) is 5.26 Å². The molecular weight excluding hydrogens is 222 g/mol. The second-order valence-electron chi connectivity index (χ2n) is 4.34. The maximum Gasteiger partial charge on any atom is 0.157 e. The third kappa shape index (κ3) is 2.10. The van der Waals surface area contributed by atoms with Crippen molar-refractivity contribution in [2.75, 3.05) is 0 Å². The van der Waals surface area contributed by atoms with Crippen molar-refractivity contribution in [2.24, 2.45) is 11.8 Å². The Bertz CT molecular complexity index is 446. The molecule has 1 saturated carbocycles. The van der Waals surface area contributed by atoms with Gasteiger partial charge < -0.3 is 0 Å². The Morgan fingerprint density at radius 1 is 1.50 bits per heavy atom. The van der Waals surface area contributed by atoms with Crippen molar-refractivity contribution in [3.63, 3.8) is 0 Å². The van der Waals surface area contributed by atoms with Crippen LogP contribution in [-0.2, 0) is 4.79 Å². The van der Waals surface area contributed by atoms with Gasteiger partial charge in [0, 0.05) is 10.9 Å². The van der Waals surface area contributed by atoms with E-state index in [-0.39, 0.29) is 11.7 Å². The molecule has 0 N–H and O–H groups in total. The average molecular weight is 234 g/mol. The number of Topliss-reactive ketones (excluding diaryl/α,β-unsaturated/α-hetero) is 1. The predicted molar refractivity (Wildman–Crippen MR) is 62.1 cm³/mol. The monoisotopic (exact) mass is 233 g/mol. The summed E-state index contributed by atoms with van der Waals surface area (Å²) in [5.74, 6) is -0.0551. The third-order valence-corrected chi connectivity index (χ3v) is 3.34. The van der Waals surface area contributed by atoms with Gasteiger partial charge in [-0.3, -0.25) is 4.79 Å². The van der Waals surface area contributed by atoms with Gasteiger partial charge in [-0.25, -0.2) is 0 Å². The molecule has 16 heavy (non-hydrogen) atoms. The van der Waals surface area contributed by atoms with Gasteiger partial charge in [-0.05, 0) is 30.0 Å². The molecule has 2 rings (SSSR count). The minimum atomic E-state index is -0.632. The summed E-state index contributed by atoms with van der Waals surface area (Å²) in [6.07, 6.45) is 0.921. The van der Waals surface area contributed by atoms with Gasteiger partial charge in [-0.1, -0.05) is 30.7 Å². The molecule has 0 saturated heterocycles. The van der Waals surface area contributed by atoms with E-state index < -0.39 is 5.92 Å². The number of carbonyl (C=O) groups excluding carboxylic acids is 1. The van der Waals surface area contributed by atoms with Crippen LogP contribution in [0.25, 0.3) is 0 Å². The smallest absolute Gasteiger partial charge is 0.157 e. The number of nitriles is 1. The van der Waals surface area contributed by atoms with Crippen LogP contribution in [0.1, 0.15) is 24.8 Å². The number of hydrogen-bond donors (Lipinski definition) is 0. The van der Waals surface area contributed by atoms with Crippen LogP contribution in [-0.4, -0.2) is 5.78 Å². The van der Waals surface area contributed by atoms with Crippen LogP contribution < -0.4 is 0 Å². The summed E-state index contributed by atoms with van der Waals surface area (Å²) in [5.41, 5.74) is 0.746. The van der Waals surface area contributed by atoms with Gasteiger partial charge in [-0.15, -0.1) is 0 Å². The molecular formula is C13H12ClNO. The molecule has 1 aliphatic rings. The molecule has 0 aromatic heterocycles. The Balaban J connectivity index is 2.20. The summed E-state index contributed by atoms with van der Waals surface area (Å²) in [5, 5.41) is 9.70. The topological polar surface area (TPSA) is 40.9 Å². The molecule has 0 aliphatic heterocycles. The van der Waals surface area contributed by atoms with Crippen LogP contribution >= 0.6 is 11.6 Å².